The molecule has 0 saturated heterocycles. The largest absolute Gasteiger partial charge is 0.0654 e. The molecule has 0 aliphatic heterocycles. The van der Waals surface area contributed by atoms with E-state index in [-0.39, 0.29) is 0 Å². The molecule has 2 aliphatic rings. The summed E-state index contributed by atoms with van der Waals surface area (Å²) in [5.74, 6) is 4.25. The van der Waals surface area contributed by atoms with E-state index in [2.05, 4.69) is 17.2 Å². The van der Waals surface area contributed by atoms with Crippen LogP contribution in [0.25, 0.3) is 0 Å². The van der Waals surface area contributed by atoms with E-state index < -0.39 is 0 Å². The van der Waals surface area contributed by atoms with E-state index in [0.29, 0.717) is 0 Å². The highest BCUT2D eigenvalue weighted by atomic mass is 28.1. The van der Waals surface area contributed by atoms with Crippen LogP contribution in [-0.2, 0) is 0 Å². The first kappa shape index (κ1) is 15.6. The van der Waals surface area contributed by atoms with Crippen LogP contribution in [0.3, 0.4) is 0 Å². The standard InChI is InChI=1S/C18H33Si/c1-2-3-4-5-15-6-10-17(11-7-15)18-12-8-16(14-19)9-13-18/h15-18H,2-14H2,1H3. The van der Waals surface area contributed by atoms with Crippen LogP contribution in [0.4, 0.5) is 0 Å². The van der Waals surface area contributed by atoms with Crippen LogP contribution < -0.4 is 0 Å². The quantitative estimate of drug-likeness (QED) is 0.427. The Morgan fingerprint density at radius 3 is 1.74 bits per heavy atom. The first-order chi connectivity index (χ1) is 9.33. The van der Waals surface area contributed by atoms with Gasteiger partial charge in [0.05, 0.1) is 0 Å². The third-order valence-corrected chi connectivity index (χ3v) is 6.53. The van der Waals surface area contributed by atoms with Crippen molar-refractivity contribution in [2.24, 2.45) is 23.7 Å². The molecule has 2 rings (SSSR count). The van der Waals surface area contributed by atoms with Crippen LogP contribution in [0, 0.1) is 23.7 Å². The molecule has 2 fully saturated rings. The fourth-order valence-electron chi connectivity index (χ4n) is 4.50. The highest BCUT2D eigenvalue weighted by molar-refractivity contribution is 6.08. The maximum absolute atomic E-state index is 3.71. The van der Waals surface area contributed by atoms with Crippen molar-refractivity contribution in [1.29, 1.82) is 0 Å². The molecule has 1 heteroatoms. The van der Waals surface area contributed by atoms with Gasteiger partial charge in [-0.1, -0.05) is 64.3 Å². The van der Waals surface area contributed by atoms with Crippen molar-refractivity contribution in [1.82, 2.24) is 0 Å². The average molecular weight is 278 g/mol. The Balaban J connectivity index is 1.63. The minimum atomic E-state index is 0.985. The SMILES string of the molecule is CCCCCC1CCC(C2CCC(C[Si])CC2)CC1. The molecule has 0 spiro atoms. The van der Waals surface area contributed by atoms with Crippen LogP contribution in [0.5, 0.6) is 0 Å². The van der Waals surface area contributed by atoms with Crippen molar-refractivity contribution in [2.75, 3.05) is 0 Å². The van der Waals surface area contributed by atoms with Gasteiger partial charge in [-0.05, 0) is 49.4 Å². The van der Waals surface area contributed by atoms with Gasteiger partial charge in [-0.2, -0.15) is 0 Å². The minimum Gasteiger partial charge on any atom is -0.0654 e. The fraction of sp³-hybridized carbons (Fsp3) is 1.00. The van der Waals surface area contributed by atoms with Crippen LogP contribution in [0.2, 0.25) is 6.04 Å². The van der Waals surface area contributed by atoms with Crippen molar-refractivity contribution < 1.29 is 0 Å². The Morgan fingerprint density at radius 1 is 0.737 bits per heavy atom. The van der Waals surface area contributed by atoms with Crippen LogP contribution in [0.15, 0.2) is 0 Å². The average Bonchev–Trinajstić information content (AvgIpc) is 2.48. The molecule has 0 aromatic heterocycles. The van der Waals surface area contributed by atoms with Gasteiger partial charge in [-0.15, -0.1) is 0 Å². The van der Waals surface area contributed by atoms with Gasteiger partial charge < -0.3 is 0 Å². The molecule has 3 radical (unpaired) electrons. The molecule has 0 nitrogen and oxygen atoms in total. The first-order valence-corrected chi connectivity index (χ1v) is 9.68. The van der Waals surface area contributed by atoms with E-state index in [1.165, 1.54) is 57.4 Å². The lowest BCUT2D eigenvalue weighted by Crippen LogP contribution is -2.25. The van der Waals surface area contributed by atoms with Crippen molar-refractivity contribution in [2.45, 2.75) is 90.0 Å². The minimum absolute atomic E-state index is 0.985. The highest BCUT2D eigenvalue weighted by Crippen LogP contribution is 2.42. The van der Waals surface area contributed by atoms with Gasteiger partial charge >= 0.3 is 0 Å². The van der Waals surface area contributed by atoms with Crippen molar-refractivity contribution in [3.63, 3.8) is 0 Å². The van der Waals surface area contributed by atoms with Gasteiger partial charge in [-0.25, -0.2) is 0 Å². The molecule has 0 aromatic carbocycles. The molecule has 0 N–H and O–H groups in total. The number of unbranched alkanes of at least 4 members (excludes halogenated alkanes) is 2. The summed E-state index contributed by atoms with van der Waals surface area (Å²) in [7, 11) is 3.71. The Morgan fingerprint density at radius 2 is 1.26 bits per heavy atom. The predicted octanol–water partition coefficient (Wildman–Crippen LogP) is 5.77. The lowest BCUT2D eigenvalue weighted by Gasteiger charge is -2.37. The zero-order valence-electron chi connectivity index (χ0n) is 13.0. The third-order valence-electron chi connectivity index (χ3n) is 5.95. The highest BCUT2D eigenvalue weighted by Gasteiger charge is 2.30. The first-order valence-electron chi connectivity index (χ1n) is 8.98. The lowest BCUT2D eigenvalue weighted by atomic mass is 9.69. The number of rotatable bonds is 6. The zero-order valence-corrected chi connectivity index (χ0v) is 14.0. The molecular weight excluding hydrogens is 244 g/mol. The lowest BCUT2D eigenvalue weighted by molar-refractivity contribution is 0.147. The van der Waals surface area contributed by atoms with E-state index in [0.717, 1.165) is 23.7 Å². The number of hydrogen-bond donors (Lipinski definition) is 0. The van der Waals surface area contributed by atoms with Crippen molar-refractivity contribution in [3.8, 4) is 0 Å². The second-order valence-electron chi connectivity index (χ2n) is 7.26. The second-order valence-corrected chi connectivity index (χ2v) is 7.67. The van der Waals surface area contributed by atoms with Gasteiger partial charge in [0.1, 0.15) is 0 Å². The van der Waals surface area contributed by atoms with E-state index in [1.807, 2.05) is 0 Å². The van der Waals surface area contributed by atoms with Crippen molar-refractivity contribution >= 4 is 10.2 Å². The summed E-state index contributed by atoms with van der Waals surface area (Å²) in [6.07, 6.45) is 18.1. The zero-order chi connectivity index (χ0) is 13.5. The molecule has 2 aliphatic carbocycles. The smallest absolute Gasteiger partial charge is 0.0225 e. The molecule has 109 valence electrons. The van der Waals surface area contributed by atoms with Gasteiger partial charge in [0, 0.05) is 10.2 Å². The molecule has 0 atom stereocenters. The van der Waals surface area contributed by atoms with Gasteiger partial charge in [0.15, 0.2) is 0 Å². The fourth-order valence-corrected chi connectivity index (χ4v) is 4.90. The molecule has 19 heavy (non-hydrogen) atoms. The van der Waals surface area contributed by atoms with Crippen LogP contribution >= 0.6 is 0 Å². The van der Waals surface area contributed by atoms with Crippen LogP contribution in [-0.4, -0.2) is 10.2 Å². The van der Waals surface area contributed by atoms with Gasteiger partial charge in [0.25, 0.3) is 0 Å². The van der Waals surface area contributed by atoms with E-state index >= 15 is 0 Å². The van der Waals surface area contributed by atoms with Crippen LogP contribution in [0.1, 0.15) is 84.0 Å². The maximum Gasteiger partial charge on any atom is 0.0225 e. The number of hydrogen-bond acceptors (Lipinski definition) is 0. The monoisotopic (exact) mass is 277 g/mol. The molecule has 0 unspecified atom stereocenters. The molecule has 0 aromatic rings. The van der Waals surface area contributed by atoms with E-state index in [1.54, 1.807) is 25.7 Å². The third kappa shape index (κ3) is 4.92. The van der Waals surface area contributed by atoms with E-state index in [4.69, 9.17) is 0 Å². The summed E-state index contributed by atoms with van der Waals surface area (Å²) in [5, 5.41) is 0. The summed E-state index contributed by atoms with van der Waals surface area (Å²) < 4.78 is 0. The van der Waals surface area contributed by atoms with E-state index in [9.17, 15) is 0 Å². The summed E-state index contributed by atoms with van der Waals surface area (Å²) in [6, 6.07) is 1.23. The molecule has 0 amide bonds. The normalized spacial score (nSPS) is 36.3. The summed E-state index contributed by atoms with van der Waals surface area (Å²) in [6.45, 7) is 2.32. The Kier molecular flexibility index (Phi) is 6.97. The molecule has 2 saturated carbocycles. The topological polar surface area (TPSA) is 0 Å². The predicted molar refractivity (Wildman–Crippen MR) is 85.6 cm³/mol. The molecule has 0 heterocycles. The van der Waals surface area contributed by atoms with Crippen molar-refractivity contribution in [3.05, 3.63) is 0 Å². The Labute approximate surface area is 124 Å². The van der Waals surface area contributed by atoms with Gasteiger partial charge in [0.2, 0.25) is 0 Å². The Hall–Kier alpha value is 0.217. The van der Waals surface area contributed by atoms with Gasteiger partial charge in [-0.3, -0.25) is 0 Å². The second kappa shape index (κ2) is 8.49. The summed E-state index contributed by atoms with van der Waals surface area (Å²) in [4.78, 5) is 0. The Bertz CT molecular complexity index is 222. The maximum atomic E-state index is 3.71. The summed E-state index contributed by atoms with van der Waals surface area (Å²) >= 11 is 0. The molecule has 0 bridgehead atoms. The summed E-state index contributed by atoms with van der Waals surface area (Å²) in [5.41, 5.74) is 0. The molecular formula is C18H33Si.